The van der Waals surface area contributed by atoms with Crippen LogP contribution >= 0.6 is 0 Å². The Morgan fingerprint density at radius 2 is 2.16 bits per heavy atom. The van der Waals surface area contributed by atoms with Crippen LogP contribution in [0.3, 0.4) is 0 Å². The molecule has 3 aromatic rings. The molecule has 0 bridgehead atoms. The summed E-state index contributed by atoms with van der Waals surface area (Å²) in [5.41, 5.74) is 2.95. The largest absolute Gasteiger partial charge is 0.442 e. The number of cyclic esters (lactones) is 1. The summed E-state index contributed by atoms with van der Waals surface area (Å²) < 4.78 is 21.9. The fourth-order valence-corrected chi connectivity index (χ4v) is 3.65. The predicted octanol–water partition coefficient (Wildman–Crippen LogP) is 3.02. The van der Waals surface area contributed by atoms with Gasteiger partial charge in [-0.25, -0.2) is 13.9 Å². The first kappa shape index (κ1) is 19.2. The molecule has 10 heteroatoms. The van der Waals surface area contributed by atoms with E-state index in [4.69, 9.17) is 9.57 Å². The number of aromatic nitrogens is 4. The van der Waals surface area contributed by atoms with Gasteiger partial charge in [-0.1, -0.05) is 16.4 Å². The number of amides is 1. The van der Waals surface area contributed by atoms with Crippen molar-refractivity contribution in [1.82, 2.24) is 20.0 Å². The van der Waals surface area contributed by atoms with Crippen LogP contribution in [0.15, 0.2) is 54.1 Å². The van der Waals surface area contributed by atoms with E-state index < -0.39 is 11.9 Å². The second-order valence-corrected chi connectivity index (χ2v) is 7.50. The average molecular weight is 422 g/mol. The lowest BCUT2D eigenvalue weighted by Gasteiger charge is -2.14. The zero-order valence-corrected chi connectivity index (χ0v) is 16.7. The summed E-state index contributed by atoms with van der Waals surface area (Å²) in [6.45, 7) is 2.63. The Morgan fingerprint density at radius 3 is 2.84 bits per heavy atom. The fourth-order valence-electron chi connectivity index (χ4n) is 3.65. The number of benzene rings is 1. The third-order valence-corrected chi connectivity index (χ3v) is 5.19. The maximum Gasteiger partial charge on any atom is 0.414 e. The van der Waals surface area contributed by atoms with Gasteiger partial charge in [-0.15, -0.1) is 5.10 Å². The molecule has 2 aliphatic rings. The molecule has 158 valence electrons. The number of oxime groups is 1. The molecule has 5 rings (SSSR count). The van der Waals surface area contributed by atoms with Gasteiger partial charge < -0.3 is 9.57 Å². The topological polar surface area (TPSA) is 94.7 Å². The summed E-state index contributed by atoms with van der Waals surface area (Å²) in [5, 5.41) is 11.6. The molecule has 4 heterocycles. The van der Waals surface area contributed by atoms with Crippen LogP contribution in [0.25, 0.3) is 11.1 Å². The molecular weight excluding hydrogens is 403 g/mol. The summed E-state index contributed by atoms with van der Waals surface area (Å²) in [4.78, 5) is 23.3. The Morgan fingerprint density at radius 1 is 1.26 bits per heavy atom. The molecule has 9 nitrogen and oxygen atoms in total. The Kier molecular flexibility index (Phi) is 4.81. The highest BCUT2D eigenvalue weighted by atomic mass is 19.1. The first-order chi connectivity index (χ1) is 15.1. The van der Waals surface area contributed by atoms with Crippen molar-refractivity contribution in [3.05, 3.63) is 60.4 Å². The number of carbonyl (C=O) groups is 1. The lowest BCUT2D eigenvalue weighted by molar-refractivity contribution is 0.0995. The van der Waals surface area contributed by atoms with Crippen LogP contribution in [0, 0.1) is 5.82 Å². The maximum atomic E-state index is 14.9. The normalized spacial score (nSPS) is 20.5. The van der Waals surface area contributed by atoms with Gasteiger partial charge in [0.15, 0.2) is 0 Å². The zero-order valence-electron chi connectivity index (χ0n) is 16.7. The molecule has 0 spiro atoms. The van der Waals surface area contributed by atoms with Gasteiger partial charge in [0, 0.05) is 29.9 Å². The molecule has 0 aliphatic carbocycles. The predicted molar refractivity (Wildman–Crippen MR) is 109 cm³/mol. The maximum absolute atomic E-state index is 14.9. The minimum Gasteiger partial charge on any atom is -0.442 e. The second-order valence-electron chi connectivity index (χ2n) is 7.50. The number of anilines is 1. The molecule has 31 heavy (non-hydrogen) atoms. The van der Waals surface area contributed by atoms with Gasteiger partial charge in [0.1, 0.15) is 23.7 Å². The molecule has 2 aliphatic heterocycles. The smallest absolute Gasteiger partial charge is 0.414 e. The first-order valence-electron chi connectivity index (χ1n) is 9.88. The van der Waals surface area contributed by atoms with Crippen molar-refractivity contribution >= 4 is 17.5 Å². The highest BCUT2D eigenvalue weighted by Gasteiger charge is 2.33. The number of hydrogen-bond acceptors (Lipinski definition) is 7. The van der Waals surface area contributed by atoms with Crippen molar-refractivity contribution in [3.8, 4) is 11.1 Å². The van der Waals surface area contributed by atoms with Crippen LogP contribution < -0.4 is 4.90 Å². The number of ether oxygens (including phenoxy) is 1. The van der Waals surface area contributed by atoms with Crippen LogP contribution in [0.1, 0.15) is 19.0 Å². The monoisotopic (exact) mass is 422 g/mol. The van der Waals surface area contributed by atoms with Crippen LogP contribution in [-0.2, 0) is 16.1 Å². The van der Waals surface area contributed by atoms with E-state index >= 15 is 0 Å². The van der Waals surface area contributed by atoms with Gasteiger partial charge in [0.2, 0.25) is 0 Å². The molecule has 2 aromatic heterocycles. The molecule has 2 atom stereocenters. The minimum absolute atomic E-state index is 0.0366. The lowest BCUT2D eigenvalue weighted by atomic mass is 10.0. The molecule has 1 saturated heterocycles. The van der Waals surface area contributed by atoms with Gasteiger partial charge in [-0.2, -0.15) is 0 Å². The van der Waals surface area contributed by atoms with Crippen molar-refractivity contribution in [2.24, 2.45) is 5.16 Å². The lowest BCUT2D eigenvalue weighted by Crippen LogP contribution is -2.26. The minimum atomic E-state index is -0.517. The summed E-state index contributed by atoms with van der Waals surface area (Å²) in [6.07, 6.45) is 4.68. The van der Waals surface area contributed by atoms with Crippen molar-refractivity contribution in [1.29, 1.82) is 0 Å². The van der Waals surface area contributed by atoms with E-state index in [0.717, 1.165) is 5.71 Å². The number of hydrogen-bond donors (Lipinski definition) is 0. The van der Waals surface area contributed by atoms with Crippen molar-refractivity contribution in [2.45, 2.75) is 32.1 Å². The molecule has 1 aromatic carbocycles. The summed E-state index contributed by atoms with van der Waals surface area (Å²) >= 11 is 0. The van der Waals surface area contributed by atoms with E-state index in [9.17, 15) is 9.18 Å². The Balaban J connectivity index is 1.31. The Hall–Kier alpha value is -3.82. The highest BCUT2D eigenvalue weighted by molar-refractivity contribution is 5.99. The zero-order chi connectivity index (χ0) is 21.4. The summed E-state index contributed by atoms with van der Waals surface area (Å²) in [6, 6.07) is 8.26. The Labute approximate surface area is 177 Å². The quantitative estimate of drug-likeness (QED) is 0.627. The standard InChI is InChI=1S/C21H19FN6O3/c1-13-8-20(25-31-13)19-5-2-14(10-23-19)17-4-3-15(9-18(17)22)28-12-16(30-21(28)29)11-27-7-6-24-26-27/h2-7,9-10,13,16H,8,11-12H2,1H3/t13-,16-/m0/s1. The number of halogens is 1. The van der Waals surface area contributed by atoms with E-state index in [1.54, 1.807) is 47.5 Å². The van der Waals surface area contributed by atoms with Crippen molar-refractivity contribution in [3.63, 3.8) is 0 Å². The second kappa shape index (κ2) is 7.78. The number of carbonyl (C=O) groups excluding carboxylic acids is 1. The van der Waals surface area contributed by atoms with E-state index in [1.807, 2.05) is 6.92 Å². The van der Waals surface area contributed by atoms with E-state index in [-0.39, 0.29) is 12.2 Å². The SMILES string of the molecule is C[C@H]1CC(c2ccc(-c3ccc(N4C[C@H](Cn5ccnn5)OC4=O)cc3F)cn2)=NO1. The van der Waals surface area contributed by atoms with Crippen LogP contribution in [0.4, 0.5) is 14.9 Å². The van der Waals surface area contributed by atoms with Crippen molar-refractivity contribution < 1.29 is 18.8 Å². The van der Waals surface area contributed by atoms with Gasteiger partial charge in [0.25, 0.3) is 0 Å². The number of rotatable bonds is 5. The molecule has 0 N–H and O–H groups in total. The number of nitrogens with zero attached hydrogens (tertiary/aromatic N) is 6. The third kappa shape index (κ3) is 3.83. The van der Waals surface area contributed by atoms with Crippen LogP contribution in [-0.4, -0.2) is 50.5 Å². The molecule has 0 unspecified atom stereocenters. The van der Waals surface area contributed by atoms with Crippen LogP contribution in [0.2, 0.25) is 0 Å². The molecule has 1 amide bonds. The first-order valence-corrected chi connectivity index (χ1v) is 9.88. The Bertz CT molecular complexity index is 1130. The molecule has 0 saturated carbocycles. The van der Waals surface area contributed by atoms with E-state index in [1.165, 1.54) is 11.0 Å². The average Bonchev–Trinajstić information content (AvgIpc) is 3.51. The molecular formula is C21H19FN6O3. The van der Waals surface area contributed by atoms with Gasteiger partial charge in [0.05, 0.1) is 30.7 Å². The van der Waals surface area contributed by atoms with Gasteiger partial charge in [-0.05, 0) is 31.2 Å². The molecule has 0 radical (unpaired) electrons. The third-order valence-electron chi connectivity index (χ3n) is 5.19. The van der Waals surface area contributed by atoms with E-state index in [0.29, 0.717) is 42.0 Å². The van der Waals surface area contributed by atoms with Gasteiger partial charge >= 0.3 is 6.09 Å². The fraction of sp³-hybridized carbons (Fsp3) is 0.286. The van der Waals surface area contributed by atoms with Crippen molar-refractivity contribution in [2.75, 3.05) is 11.4 Å². The van der Waals surface area contributed by atoms with Gasteiger partial charge in [-0.3, -0.25) is 9.88 Å². The van der Waals surface area contributed by atoms with E-state index in [2.05, 4.69) is 20.5 Å². The summed E-state index contributed by atoms with van der Waals surface area (Å²) in [5.74, 6) is -0.449. The summed E-state index contributed by atoms with van der Waals surface area (Å²) in [7, 11) is 0. The van der Waals surface area contributed by atoms with Crippen LogP contribution in [0.5, 0.6) is 0 Å². The highest BCUT2D eigenvalue weighted by Crippen LogP contribution is 2.29. The number of pyridine rings is 1. The molecule has 1 fully saturated rings.